The van der Waals surface area contributed by atoms with Crippen LogP contribution in [-0.2, 0) is 11.3 Å². The summed E-state index contributed by atoms with van der Waals surface area (Å²) in [7, 11) is 2.86. The lowest BCUT2D eigenvalue weighted by Crippen LogP contribution is -2.48. The number of nitrogens with zero attached hydrogens (tertiary/aromatic N) is 1. The van der Waals surface area contributed by atoms with Gasteiger partial charge in [-0.25, -0.2) is 0 Å². The van der Waals surface area contributed by atoms with Crippen molar-refractivity contribution in [2.24, 2.45) is 5.41 Å². The van der Waals surface area contributed by atoms with Crippen LogP contribution in [0.5, 0.6) is 5.75 Å². The van der Waals surface area contributed by atoms with Crippen molar-refractivity contribution in [2.45, 2.75) is 33.4 Å². The fourth-order valence-electron chi connectivity index (χ4n) is 2.68. The van der Waals surface area contributed by atoms with E-state index in [-0.39, 0.29) is 34.7 Å². The number of fused-ring (bicyclic) bond motifs is 1. The maximum Gasteiger partial charge on any atom is 0.234 e. The number of carbonyl (C=O) groups excluding carboxylic acids is 2. The highest BCUT2D eigenvalue weighted by Crippen LogP contribution is 2.36. The van der Waals surface area contributed by atoms with Crippen LogP contribution in [0.3, 0.4) is 0 Å². The highest BCUT2D eigenvalue weighted by atomic mass is 16.5. The van der Waals surface area contributed by atoms with Crippen LogP contribution in [-0.4, -0.2) is 36.5 Å². The van der Waals surface area contributed by atoms with Crippen molar-refractivity contribution in [1.82, 2.24) is 4.57 Å². The topological polar surface area (TPSA) is 74.6 Å². The summed E-state index contributed by atoms with van der Waals surface area (Å²) in [6, 6.07) is 0. The third-order valence-electron chi connectivity index (χ3n) is 4.07. The molecule has 1 aliphatic rings. The molecule has 6 nitrogen and oxygen atoms in total. The van der Waals surface area contributed by atoms with E-state index >= 15 is 0 Å². The van der Waals surface area contributed by atoms with Crippen molar-refractivity contribution in [3.8, 4) is 5.75 Å². The summed E-state index contributed by atoms with van der Waals surface area (Å²) in [6.07, 6.45) is 1.08. The quantitative estimate of drug-likeness (QED) is 0.785. The van der Waals surface area contributed by atoms with E-state index < -0.39 is 10.8 Å². The maximum atomic E-state index is 12.7. The summed E-state index contributed by atoms with van der Waals surface area (Å²) in [4.78, 5) is 36.6. The minimum atomic E-state index is -0.772. The molecule has 2 rings (SSSR count). The lowest BCUT2D eigenvalue weighted by atomic mass is 9.77. The zero-order valence-corrected chi connectivity index (χ0v) is 12.9. The van der Waals surface area contributed by atoms with E-state index in [1.807, 2.05) is 0 Å². The molecule has 0 saturated heterocycles. The number of methoxy groups -OCH3 is 2. The van der Waals surface area contributed by atoms with E-state index in [2.05, 4.69) is 0 Å². The Hall–Kier alpha value is -1.95. The molecule has 21 heavy (non-hydrogen) atoms. The molecule has 0 fully saturated rings. The zero-order valence-electron chi connectivity index (χ0n) is 12.9. The van der Waals surface area contributed by atoms with Crippen molar-refractivity contribution >= 4 is 11.6 Å². The Morgan fingerprint density at radius 1 is 1.33 bits per heavy atom. The first-order valence-electron chi connectivity index (χ1n) is 6.65. The Labute approximate surface area is 122 Å². The van der Waals surface area contributed by atoms with Gasteiger partial charge in [-0.3, -0.25) is 14.4 Å². The summed E-state index contributed by atoms with van der Waals surface area (Å²) >= 11 is 0. The largest absolute Gasteiger partial charge is 0.491 e. The van der Waals surface area contributed by atoms with Gasteiger partial charge in [-0.15, -0.1) is 0 Å². The van der Waals surface area contributed by atoms with Crippen molar-refractivity contribution in [3.05, 3.63) is 27.7 Å². The summed E-state index contributed by atoms with van der Waals surface area (Å²) in [5.41, 5.74) is -1.10. The smallest absolute Gasteiger partial charge is 0.234 e. The number of carbonyl (C=O) groups is 2. The van der Waals surface area contributed by atoms with Gasteiger partial charge < -0.3 is 14.0 Å². The third kappa shape index (κ3) is 2.19. The number of Topliss-reactive ketones (excluding diaryl/α,β-unsaturated/α-hetero) is 2. The Morgan fingerprint density at radius 3 is 2.43 bits per heavy atom. The molecule has 1 aromatic rings. The monoisotopic (exact) mass is 293 g/mol. The number of aromatic nitrogens is 1. The molecule has 2 heterocycles. The second-order valence-electron chi connectivity index (χ2n) is 5.74. The average molecular weight is 293 g/mol. The summed E-state index contributed by atoms with van der Waals surface area (Å²) in [6.45, 7) is 5.23. The fraction of sp³-hybridized carbons (Fsp3) is 0.533. The molecule has 0 aromatic carbocycles. The Bertz CT molecular complexity index is 671. The first kappa shape index (κ1) is 15.4. The molecule has 1 atom stereocenters. The second kappa shape index (κ2) is 5.11. The number of rotatable bonds is 3. The molecule has 0 radical (unpaired) electrons. The van der Waals surface area contributed by atoms with Crippen LogP contribution in [0, 0.1) is 5.41 Å². The molecular weight excluding hydrogens is 274 g/mol. The van der Waals surface area contributed by atoms with E-state index in [1.54, 1.807) is 18.4 Å². The number of pyridine rings is 1. The lowest BCUT2D eigenvalue weighted by Gasteiger charge is -2.38. The first-order valence-corrected chi connectivity index (χ1v) is 6.65. The number of ether oxygens (including phenoxy) is 2. The Balaban J connectivity index is 2.79. The average Bonchev–Trinajstić information content (AvgIpc) is 2.42. The van der Waals surface area contributed by atoms with Crippen LogP contribution < -0.4 is 10.2 Å². The van der Waals surface area contributed by atoms with Gasteiger partial charge in [0.2, 0.25) is 5.43 Å². The van der Waals surface area contributed by atoms with Crippen molar-refractivity contribution in [1.29, 1.82) is 0 Å². The van der Waals surface area contributed by atoms with Crippen molar-refractivity contribution in [2.75, 3.05) is 14.2 Å². The van der Waals surface area contributed by atoms with E-state index in [0.717, 1.165) is 0 Å². The lowest BCUT2D eigenvalue weighted by molar-refractivity contribution is -0.00729. The number of hydrogen-bond donors (Lipinski definition) is 0. The molecule has 1 unspecified atom stereocenters. The third-order valence-corrected chi connectivity index (χ3v) is 4.07. The van der Waals surface area contributed by atoms with E-state index in [1.165, 1.54) is 27.3 Å². The Kier molecular flexibility index (Phi) is 3.76. The number of hydrogen-bond acceptors (Lipinski definition) is 5. The summed E-state index contributed by atoms with van der Waals surface area (Å²) in [5.74, 6) is -0.667. The van der Waals surface area contributed by atoms with Crippen LogP contribution in [0.25, 0.3) is 0 Å². The SMILES string of the molecule is COc1c2n(cc(C(C)=O)c1=O)CC(OC)C(C)(C)C2=O. The zero-order chi connectivity index (χ0) is 15.9. The molecular formula is C15H19NO5. The molecule has 0 spiro atoms. The summed E-state index contributed by atoms with van der Waals surface area (Å²) < 4.78 is 12.1. The molecule has 0 amide bonds. The van der Waals surface area contributed by atoms with E-state index in [0.29, 0.717) is 6.54 Å². The van der Waals surface area contributed by atoms with Crippen LogP contribution in [0.1, 0.15) is 41.6 Å². The highest BCUT2D eigenvalue weighted by molar-refractivity contribution is 6.03. The van der Waals surface area contributed by atoms with Crippen molar-refractivity contribution in [3.63, 3.8) is 0 Å². The minimum Gasteiger partial charge on any atom is -0.491 e. The van der Waals surface area contributed by atoms with Gasteiger partial charge in [-0.2, -0.15) is 0 Å². The second-order valence-corrected chi connectivity index (χ2v) is 5.74. The van der Waals surface area contributed by atoms with Gasteiger partial charge in [0.15, 0.2) is 17.3 Å². The van der Waals surface area contributed by atoms with Crippen LogP contribution in [0.4, 0.5) is 0 Å². The van der Waals surface area contributed by atoms with Crippen LogP contribution >= 0.6 is 0 Å². The van der Waals surface area contributed by atoms with Crippen LogP contribution in [0.15, 0.2) is 11.0 Å². The molecule has 0 saturated carbocycles. The number of ketones is 2. The van der Waals surface area contributed by atoms with Crippen LogP contribution in [0.2, 0.25) is 0 Å². The molecule has 6 heteroatoms. The fourth-order valence-corrected chi connectivity index (χ4v) is 2.68. The molecule has 1 aliphatic heterocycles. The van der Waals surface area contributed by atoms with Gasteiger partial charge in [0.25, 0.3) is 0 Å². The standard InChI is InChI=1S/C15H19NO5/c1-8(17)9-6-16-7-10(20-4)15(2,3)14(19)11(16)13(21-5)12(9)18/h6,10H,7H2,1-5H3. The molecule has 0 aliphatic carbocycles. The minimum absolute atomic E-state index is 0.0120. The van der Waals surface area contributed by atoms with Gasteiger partial charge >= 0.3 is 0 Å². The van der Waals surface area contributed by atoms with Gasteiger partial charge in [0, 0.05) is 13.3 Å². The molecule has 0 N–H and O–H groups in total. The predicted molar refractivity (Wildman–Crippen MR) is 76.2 cm³/mol. The summed E-state index contributed by atoms with van der Waals surface area (Å²) in [5, 5.41) is 0. The van der Waals surface area contributed by atoms with Gasteiger partial charge in [0.1, 0.15) is 5.69 Å². The maximum absolute atomic E-state index is 12.7. The molecule has 114 valence electrons. The van der Waals surface area contributed by atoms with E-state index in [9.17, 15) is 14.4 Å². The molecule has 1 aromatic heterocycles. The van der Waals surface area contributed by atoms with Crippen molar-refractivity contribution < 1.29 is 19.1 Å². The van der Waals surface area contributed by atoms with Gasteiger partial charge in [-0.1, -0.05) is 0 Å². The first-order chi connectivity index (χ1) is 9.75. The van der Waals surface area contributed by atoms with E-state index in [4.69, 9.17) is 9.47 Å². The van der Waals surface area contributed by atoms with Gasteiger partial charge in [0.05, 0.1) is 30.7 Å². The highest BCUT2D eigenvalue weighted by Gasteiger charge is 2.45. The molecule has 0 bridgehead atoms. The van der Waals surface area contributed by atoms with Gasteiger partial charge in [-0.05, 0) is 20.8 Å². The normalized spacial score (nSPS) is 20.0. The Morgan fingerprint density at radius 2 is 1.95 bits per heavy atom. The predicted octanol–water partition coefficient (Wildman–Crippen LogP) is 1.30.